The Kier molecular flexibility index (Phi) is 2.47. The van der Waals surface area contributed by atoms with E-state index in [-0.39, 0.29) is 12.0 Å². The van der Waals surface area contributed by atoms with E-state index in [1.165, 1.54) is 18.3 Å². The molecule has 1 heterocycles. The molecular formula is C10H10FN3O. The van der Waals surface area contributed by atoms with Gasteiger partial charge in [-0.1, -0.05) is 0 Å². The SMILES string of the molecule is C[C@@H]1N=NC(c2ccc(F)cc2)=CN1O. The summed E-state index contributed by atoms with van der Waals surface area (Å²) in [5, 5.41) is 18.1. The molecule has 1 aromatic carbocycles. The zero-order valence-corrected chi connectivity index (χ0v) is 8.13. The fourth-order valence-corrected chi connectivity index (χ4v) is 1.21. The number of azo groups is 1. The Hall–Kier alpha value is -1.75. The van der Waals surface area contributed by atoms with Crippen molar-refractivity contribution in [2.45, 2.75) is 13.1 Å². The van der Waals surface area contributed by atoms with Crippen LogP contribution in [-0.2, 0) is 0 Å². The molecule has 15 heavy (non-hydrogen) atoms. The molecule has 0 fully saturated rings. The molecule has 5 heteroatoms. The van der Waals surface area contributed by atoms with Crippen molar-refractivity contribution in [2.75, 3.05) is 0 Å². The Morgan fingerprint density at radius 2 is 2.00 bits per heavy atom. The van der Waals surface area contributed by atoms with Gasteiger partial charge in [-0.05, 0) is 31.2 Å². The van der Waals surface area contributed by atoms with Crippen LogP contribution in [0.15, 0.2) is 40.7 Å². The van der Waals surface area contributed by atoms with Crippen LogP contribution < -0.4 is 0 Å². The standard InChI is InChI=1S/C10H10FN3O/c1-7-12-13-10(6-14(7)15)8-2-4-9(11)5-3-8/h2-7,15H,1H3/t7-/m1/s1. The van der Waals surface area contributed by atoms with Gasteiger partial charge in [0.15, 0.2) is 6.17 Å². The van der Waals surface area contributed by atoms with E-state index in [0.717, 1.165) is 5.06 Å². The lowest BCUT2D eigenvalue weighted by atomic mass is 10.1. The molecule has 0 aliphatic carbocycles. The normalized spacial score (nSPS) is 20.3. The molecule has 1 aromatic rings. The van der Waals surface area contributed by atoms with Gasteiger partial charge in [-0.3, -0.25) is 5.21 Å². The summed E-state index contributed by atoms with van der Waals surface area (Å²) in [6.07, 6.45) is 1.08. The van der Waals surface area contributed by atoms with Crippen molar-refractivity contribution in [3.63, 3.8) is 0 Å². The van der Waals surface area contributed by atoms with Crippen molar-refractivity contribution in [1.82, 2.24) is 5.06 Å². The molecule has 1 atom stereocenters. The van der Waals surface area contributed by atoms with Crippen LogP contribution >= 0.6 is 0 Å². The average molecular weight is 207 g/mol. The molecule has 0 radical (unpaired) electrons. The van der Waals surface area contributed by atoms with E-state index >= 15 is 0 Å². The number of hydrogen-bond acceptors (Lipinski definition) is 4. The lowest BCUT2D eigenvalue weighted by Gasteiger charge is -2.20. The maximum absolute atomic E-state index is 12.7. The molecule has 1 aliphatic rings. The molecule has 1 N–H and O–H groups in total. The Bertz CT molecular complexity index is 413. The molecule has 2 rings (SSSR count). The van der Waals surface area contributed by atoms with Gasteiger partial charge in [-0.15, -0.1) is 0 Å². The van der Waals surface area contributed by atoms with Crippen LogP contribution in [0.4, 0.5) is 4.39 Å². The zero-order valence-electron chi connectivity index (χ0n) is 8.13. The van der Waals surface area contributed by atoms with Crippen molar-refractivity contribution in [2.24, 2.45) is 10.2 Å². The average Bonchev–Trinajstić information content (AvgIpc) is 2.23. The van der Waals surface area contributed by atoms with E-state index in [2.05, 4.69) is 10.2 Å². The first-order chi connectivity index (χ1) is 7.16. The molecule has 0 unspecified atom stereocenters. The number of benzene rings is 1. The predicted octanol–water partition coefficient (Wildman–Crippen LogP) is 2.63. The Morgan fingerprint density at radius 3 is 2.60 bits per heavy atom. The number of hydrogen-bond donors (Lipinski definition) is 1. The summed E-state index contributed by atoms with van der Waals surface area (Å²) in [4.78, 5) is 0. The molecule has 0 aromatic heterocycles. The van der Waals surface area contributed by atoms with Gasteiger partial charge in [0.05, 0.1) is 6.20 Å². The first-order valence-electron chi connectivity index (χ1n) is 4.52. The minimum Gasteiger partial charge on any atom is -0.287 e. The highest BCUT2D eigenvalue weighted by atomic mass is 19.1. The smallest absolute Gasteiger partial charge is 0.163 e. The summed E-state index contributed by atoms with van der Waals surface area (Å²) in [6, 6.07) is 5.85. The lowest BCUT2D eigenvalue weighted by Crippen LogP contribution is -2.24. The summed E-state index contributed by atoms with van der Waals surface area (Å²) in [7, 11) is 0. The maximum Gasteiger partial charge on any atom is 0.163 e. The fourth-order valence-electron chi connectivity index (χ4n) is 1.21. The van der Waals surface area contributed by atoms with E-state index in [1.807, 2.05) is 0 Å². The maximum atomic E-state index is 12.7. The van der Waals surface area contributed by atoms with Gasteiger partial charge < -0.3 is 0 Å². The second-order valence-electron chi connectivity index (χ2n) is 3.25. The first-order valence-corrected chi connectivity index (χ1v) is 4.52. The first kappa shape index (κ1) is 9.79. The third kappa shape index (κ3) is 2.02. The van der Waals surface area contributed by atoms with Crippen LogP contribution in [0.2, 0.25) is 0 Å². The van der Waals surface area contributed by atoms with Crippen LogP contribution in [0.5, 0.6) is 0 Å². The summed E-state index contributed by atoms with van der Waals surface area (Å²) < 4.78 is 12.7. The van der Waals surface area contributed by atoms with Gasteiger partial charge in [-0.2, -0.15) is 10.2 Å². The second-order valence-corrected chi connectivity index (χ2v) is 3.25. The quantitative estimate of drug-likeness (QED) is 0.769. The van der Waals surface area contributed by atoms with E-state index in [4.69, 9.17) is 0 Å². The summed E-state index contributed by atoms with van der Waals surface area (Å²) in [6.45, 7) is 1.71. The Balaban J connectivity index is 2.29. The number of halogens is 1. The number of nitrogens with zero attached hydrogens (tertiary/aromatic N) is 3. The predicted molar refractivity (Wildman–Crippen MR) is 52.3 cm³/mol. The molecule has 0 saturated carbocycles. The van der Waals surface area contributed by atoms with E-state index < -0.39 is 0 Å². The molecule has 78 valence electrons. The van der Waals surface area contributed by atoms with Gasteiger partial charge in [0.25, 0.3) is 0 Å². The van der Waals surface area contributed by atoms with Crippen LogP contribution in [0.3, 0.4) is 0 Å². The van der Waals surface area contributed by atoms with Crippen LogP contribution in [-0.4, -0.2) is 16.4 Å². The van der Waals surface area contributed by atoms with Crippen molar-refractivity contribution in [1.29, 1.82) is 0 Å². The van der Waals surface area contributed by atoms with E-state index in [9.17, 15) is 9.60 Å². The number of rotatable bonds is 1. The molecule has 0 bridgehead atoms. The highest BCUT2D eigenvalue weighted by Gasteiger charge is 2.13. The molecule has 0 amide bonds. The lowest BCUT2D eigenvalue weighted by molar-refractivity contribution is -0.0745. The second kappa shape index (κ2) is 3.78. The fraction of sp³-hybridized carbons (Fsp3) is 0.200. The zero-order chi connectivity index (χ0) is 10.8. The van der Waals surface area contributed by atoms with Crippen LogP contribution in [0.25, 0.3) is 5.70 Å². The summed E-state index contributed by atoms with van der Waals surface area (Å²) in [5.74, 6) is -0.304. The van der Waals surface area contributed by atoms with E-state index in [1.54, 1.807) is 19.1 Å². The van der Waals surface area contributed by atoms with Gasteiger partial charge in [0.1, 0.15) is 11.5 Å². The van der Waals surface area contributed by atoms with Crippen LogP contribution in [0, 0.1) is 5.82 Å². The van der Waals surface area contributed by atoms with Crippen LogP contribution in [0.1, 0.15) is 12.5 Å². The third-order valence-corrected chi connectivity index (χ3v) is 2.11. The van der Waals surface area contributed by atoms with Crippen molar-refractivity contribution in [3.05, 3.63) is 41.8 Å². The summed E-state index contributed by atoms with van der Waals surface area (Å²) in [5.41, 5.74) is 1.22. The topological polar surface area (TPSA) is 48.2 Å². The minimum absolute atomic E-state index is 0.304. The molecule has 4 nitrogen and oxygen atoms in total. The highest BCUT2D eigenvalue weighted by molar-refractivity contribution is 5.63. The largest absolute Gasteiger partial charge is 0.287 e. The van der Waals surface area contributed by atoms with Gasteiger partial charge in [0, 0.05) is 5.56 Å². The Morgan fingerprint density at radius 1 is 1.33 bits per heavy atom. The third-order valence-electron chi connectivity index (χ3n) is 2.11. The molecule has 0 spiro atoms. The monoisotopic (exact) mass is 207 g/mol. The van der Waals surface area contributed by atoms with Gasteiger partial charge in [0.2, 0.25) is 0 Å². The molecule has 0 saturated heterocycles. The number of hydroxylamine groups is 2. The Labute approximate surface area is 86.3 Å². The van der Waals surface area contributed by atoms with Crippen molar-refractivity contribution in [3.8, 4) is 0 Å². The van der Waals surface area contributed by atoms with E-state index in [0.29, 0.717) is 11.3 Å². The molecule has 1 aliphatic heterocycles. The van der Waals surface area contributed by atoms with Gasteiger partial charge in [-0.25, -0.2) is 9.45 Å². The summed E-state index contributed by atoms with van der Waals surface area (Å²) >= 11 is 0. The molecular weight excluding hydrogens is 197 g/mol. The minimum atomic E-state index is -0.380. The van der Waals surface area contributed by atoms with Crippen molar-refractivity contribution < 1.29 is 9.60 Å². The van der Waals surface area contributed by atoms with Crippen molar-refractivity contribution >= 4 is 5.70 Å². The highest BCUT2D eigenvalue weighted by Crippen LogP contribution is 2.22. The van der Waals surface area contributed by atoms with Gasteiger partial charge >= 0.3 is 0 Å².